The number of sulfonamides is 1. The molecule has 0 spiro atoms. The molecule has 0 aliphatic rings. The summed E-state index contributed by atoms with van der Waals surface area (Å²) < 4.78 is 30.1. The Morgan fingerprint density at radius 3 is 2.48 bits per heavy atom. The first-order valence-electron chi connectivity index (χ1n) is 8.26. The van der Waals surface area contributed by atoms with Crippen molar-refractivity contribution in [1.82, 2.24) is 9.38 Å². The quantitative estimate of drug-likeness (QED) is 0.539. The van der Waals surface area contributed by atoms with Crippen molar-refractivity contribution in [2.24, 2.45) is 0 Å². The minimum absolute atomic E-state index is 0.146. The van der Waals surface area contributed by atoms with E-state index in [0.29, 0.717) is 22.0 Å². The number of para-hydroxylation sites is 1. The number of hydrogen-bond acceptors (Lipinski definition) is 3. The van der Waals surface area contributed by atoms with Gasteiger partial charge in [0.2, 0.25) is 0 Å². The fourth-order valence-corrected chi connectivity index (χ4v) is 4.10. The van der Waals surface area contributed by atoms with Crippen LogP contribution in [0, 0.1) is 6.92 Å². The van der Waals surface area contributed by atoms with Crippen LogP contribution < -0.4 is 4.72 Å². The van der Waals surface area contributed by atoms with Gasteiger partial charge in [0.15, 0.2) is 0 Å². The molecule has 5 nitrogen and oxygen atoms in total. The van der Waals surface area contributed by atoms with Gasteiger partial charge >= 0.3 is 0 Å². The Morgan fingerprint density at radius 1 is 1.00 bits per heavy atom. The molecule has 0 radical (unpaired) electrons. The molecule has 0 aliphatic carbocycles. The van der Waals surface area contributed by atoms with Crippen LogP contribution >= 0.6 is 11.6 Å². The van der Waals surface area contributed by atoms with Crippen molar-refractivity contribution in [2.45, 2.75) is 11.8 Å². The zero-order valence-corrected chi connectivity index (χ0v) is 16.0. The van der Waals surface area contributed by atoms with Crippen LogP contribution in [0.4, 0.5) is 5.69 Å². The van der Waals surface area contributed by atoms with Gasteiger partial charge in [0, 0.05) is 23.0 Å². The van der Waals surface area contributed by atoms with Crippen LogP contribution in [0.2, 0.25) is 5.02 Å². The van der Waals surface area contributed by atoms with Crippen molar-refractivity contribution < 1.29 is 8.42 Å². The summed E-state index contributed by atoms with van der Waals surface area (Å²) in [5.41, 5.74) is 3.75. The monoisotopic (exact) mass is 397 g/mol. The molecule has 1 N–H and O–H groups in total. The zero-order valence-electron chi connectivity index (χ0n) is 14.4. The lowest BCUT2D eigenvalue weighted by molar-refractivity contribution is 0.601. The number of pyridine rings is 1. The number of hydrogen-bond donors (Lipinski definition) is 1. The van der Waals surface area contributed by atoms with Gasteiger partial charge in [-0.15, -0.1) is 0 Å². The average molecular weight is 398 g/mol. The molecule has 2 aromatic heterocycles. The second-order valence-corrected chi connectivity index (χ2v) is 8.27. The molecule has 0 aliphatic heterocycles. The van der Waals surface area contributed by atoms with Gasteiger partial charge in [-0.2, -0.15) is 0 Å². The van der Waals surface area contributed by atoms with Crippen LogP contribution in [0.1, 0.15) is 5.56 Å². The summed E-state index contributed by atoms with van der Waals surface area (Å²) in [5.74, 6) is 0. The summed E-state index contributed by atoms with van der Waals surface area (Å²) in [6.07, 6.45) is 3.80. The number of anilines is 1. The van der Waals surface area contributed by atoms with Gasteiger partial charge in [-0.1, -0.05) is 35.9 Å². The Morgan fingerprint density at radius 2 is 1.74 bits per heavy atom. The van der Waals surface area contributed by atoms with Crippen LogP contribution in [-0.4, -0.2) is 17.8 Å². The highest BCUT2D eigenvalue weighted by Crippen LogP contribution is 2.30. The molecule has 4 rings (SSSR count). The van der Waals surface area contributed by atoms with E-state index in [4.69, 9.17) is 11.6 Å². The minimum atomic E-state index is -3.74. The lowest BCUT2D eigenvalue weighted by Crippen LogP contribution is -2.13. The number of rotatable bonds is 4. The molecule has 0 amide bonds. The number of nitrogens with zero attached hydrogens (tertiary/aromatic N) is 2. The third-order valence-corrected chi connectivity index (χ3v) is 5.88. The molecular formula is C20H16ClN3O2S. The SMILES string of the molecule is Cc1cccn2cc(-c3ccccc3NS(=O)(=O)c3ccc(Cl)cc3)nc12. The van der Waals surface area contributed by atoms with Gasteiger partial charge in [0.25, 0.3) is 10.0 Å². The van der Waals surface area contributed by atoms with Gasteiger partial charge in [-0.05, 0) is 48.9 Å². The summed E-state index contributed by atoms with van der Waals surface area (Å²) in [7, 11) is -3.74. The first-order chi connectivity index (χ1) is 12.9. The van der Waals surface area contributed by atoms with Gasteiger partial charge in [0.1, 0.15) is 5.65 Å². The molecule has 2 aromatic carbocycles. The summed E-state index contributed by atoms with van der Waals surface area (Å²) in [6.45, 7) is 1.99. The Kier molecular flexibility index (Phi) is 4.37. The summed E-state index contributed by atoms with van der Waals surface area (Å²) in [5, 5.41) is 0.481. The molecule has 0 fully saturated rings. The average Bonchev–Trinajstić information content (AvgIpc) is 3.08. The third-order valence-electron chi connectivity index (χ3n) is 4.25. The number of halogens is 1. The number of aromatic nitrogens is 2. The van der Waals surface area contributed by atoms with Gasteiger partial charge in [-0.3, -0.25) is 4.72 Å². The maximum atomic E-state index is 12.7. The van der Waals surface area contributed by atoms with Gasteiger partial charge in [-0.25, -0.2) is 13.4 Å². The van der Waals surface area contributed by atoms with Crippen molar-refractivity contribution in [3.8, 4) is 11.3 Å². The number of fused-ring (bicyclic) bond motifs is 1. The van der Waals surface area contributed by atoms with E-state index in [2.05, 4.69) is 9.71 Å². The van der Waals surface area contributed by atoms with Crippen molar-refractivity contribution >= 4 is 33.0 Å². The maximum Gasteiger partial charge on any atom is 0.261 e. The second-order valence-electron chi connectivity index (χ2n) is 6.15. The number of nitrogens with one attached hydrogen (secondary N) is 1. The molecule has 136 valence electrons. The summed E-state index contributed by atoms with van der Waals surface area (Å²) in [6, 6.07) is 17.2. The lowest BCUT2D eigenvalue weighted by Gasteiger charge is -2.11. The van der Waals surface area contributed by atoms with E-state index in [1.165, 1.54) is 12.1 Å². The highest BCUT2D eigenvalue weighted by atomic mass is 35.5. The second kappa shape index (κ2) is 6.72. The van der Waals surface area contributed by atoms with Gasteiger partial charge < -0.3 is 4.40 Å². The summed E-state index contributed by atoms with van der Waals surface area (Å²) >= 11 is 5.85. The zero-order chi connectivity index (χ0) is 19.0. The fraction of sp³-hybridized carbons (Fsp3) is 0.0500. The van der Waals surface area contributed by atoms with Crippen LogP contribution in [0.3, 0.4) is 0 Å². The molecular weight excluding hydrogens is 382 g/mol. The summed E-state index contributed by atoms with van der Waals surface area (Å²) in [4.78, 5) is 4.81. The fourth-order valence-electron chi connectivity index (χ4n) is 2.90. The standard InChI is InChI=1S/C20H16ClN3O2S/c1-14-5-4-12-24-13-19(22-20(14)24)17-6-2-3-7-18(17)23-27(25,26)16-10-8-15(21)9-11-16/h2-13,23H,1H3. The first kappa shape index (κ1) is 17.6. The van der Waals surface area contributed by atoms with E-state index >= 15 is 0 Å². The van der Waals surface area contributed by atoms with Crippen molar-refractivity contribution in [3.63, 3.8) is 0 Å². The first-order valence-corrected chi connectivity index (χ1v) is 10.1. The van der Waals surface area contributed by atoms with E-state index < -0.39 is 10.0 Å². The van der Waals surface area contributed by atoms with Crippen LogP contribution in [0.15, 0.2) is 78.0 Å². The lowest BCUT2D eigenvalue weighted by atomic mass is 10.1. The number of aryl methyl sites for hydroxylation is 1. The molecule has 27 heavy (non-hydrogen) atoms. The van der Waals surface area contributed by atoms with Crippen molar-refractivity contribution in [3.05, 3.63) is 83.6 Å². The van der Waals surface area contributed by atoms with Crippen molar-refractivity contribution in [2.75, 3.05) is 4.72 Å². The van der Waals surface area contributed by atoms with E-state index in [-0.39, 0.29) is 4.90 Å². The molecule has 0 bridgehead atoms. The van der Waals surface area contributed by atoms with Gasteiger partial charge in [0.05, 0.1) is 16.3 Å². The molecule has 0 saturated heterocycles. The number of benzene rings is 2. The smallest absolute Gasteiger partial charge is 0.261 e. The highest BCUT2D eigenvalue weighted by Gasteiger charge is 2.17. The Hall–Kier alpha value is -2.83. The predicted octanol–water partition coefficient (Wildman–Crippen LogP) is 4.76. The van der Waals surface area contributed by atoms with E-state index in [1.54, 1.807) is 24.3 Å². The number of imidazole rings is 1. The third kappa shape index (κ3) is 3.41. The Bertz CT molecular complexity index is 1230. The molecule has 4 aromatic rings. The van der Waals surface area contributed by atoms with Crippen LogP contribution in [0.5, 0.6) is 0 Å². The molecule has 0 unspecified atom stereocenters. The molecule has 0 atom stereocenters. The topological polar surface area (TPSA) is 63.5 Å². The predicted molar refractivity (Wildman–Crippen MR) is 108 cm³/mol. The maximum absolute atomic E-state index is 12.7. The Balaban J connectivity index is 1.77. The van der Waals surface area contributed by atoms with E-state index in [9.17, 15) is 8.42 Å². The molecule has 7 heteroatoms. The normalized spacial score (nSPS) is 11.6. The minimum Gasteiger partial charge on any atom is -0.306 e. The van der Waals surface area contributed by atoms with E-state index in [0.717, 1.165) is 11.2 Å². The van der Waals surface area contributed by atoms with Crippen LogP contribution in [-0.2, 0) is 10.0 Å². The molecule has 2 heterocycles. The highest BCUT2D eigenvalue weighted by molar-refractivity contribution is 7.92. The van der Waals surface area contributed by atoms with E-state index in [1.807, 2.05) is 48.0 Å². The largest absolute Gasteiger partial charge is 0.306 e. The van der Waals surface area contributed by atoms with Crippen molar-refractivity contribution in [1.29, 1.82) is 0 Å². The van der Waals surface area contributed by atoms with Crippen LogP contribution in [0.25, 0.3) is 16.9 Å². The Labute approximate surface area is 162 Å². The molecule has 0 saturated carbocycles.